The first-order valence-electron chi connectivity index (χ1n) is 5.21. The van der Waals surface area contributed by atoms with Crippen molar-refractivity contribution < 1.29 is 14.7 Å². The number of amides is 1. The van der Waals surface area contributed by atoms with Gasteiger partial charge in [-0.2, -0.15) is 0 Å². The highest BCUT2D eigenvalue weighted by atomic mass is 16.4. The van der Waals surface area contributed by atoms with E-state index in [1.54, 1.807) is 29.9 Å². The monoisotopic (exact) mass is 224 g/mol. The number of carbonyl (C=O) groups is 2. The van der Waals surface area contributed by atoms with Crippen molar-refractivity contribution in [1.82, 2.24) is 9.88 Å². The van der Waals surface area contributed by atoms with Crippen LogP contribution in [-0.2, 0) is 11.8 Å². The third-order valence-electron chi connectivity index (χ3n) is 2.36. The minimum atomic E-state index is -0.996. The third-order valence-corrected chi connectivity index (χ3v) is 2.36. The lowest BCUT2D eigenvalue weighted by molar-refractivity contribution is -0.139. The molecule has 1 unspecified atom stereocenters. The number of carboxylic acid groups (broad SMARTS) is 1. The molecule has 0 bridgehead atoms. The van der Waals surface area contributed by atoms with Crippen LogP contribution in [0.5, 0.6) is 0 Å². The summed E-state index contributed by atoms with van der Waals surface area (Å²) >= 11 is 0. The van der Waals surface area contributed by atoms with Crippen LogP contribution in [0.25, 0.3) is 0 Å². The summed E-state index contributed by atoms with van der Waals surface area (Å²) in [6, 6.07) is 2.58. The number of aryl methyl sites for hydroxylation is 1. The molecule has 1 heterocycles. The summed E-state index contributed by atoms with van der Waals surface area (Å²) in [5.41, 5.74) is 0.461. The molecule has 88 valence electrons. The van der Waals surface area contributed by atoms with Crippen LogP contribution in [0, 0.1) is 0 Å². The van der Waals surface area contributed by atoms with Gasteiger partial charge in [-0.3, -0.25) is 4.79 Å². The van der Waals surface area contributed by atoms with Gasteiger partial charge in [-0.05, 0) is 18.6 Å². The standard InChI is InChI=1S/C11H16N2O3/c1-3-5-8(11(15)16)12-10(14)9-6-4-7-13(9)2/h4,6-8H,3,5H2,1-2H3,(H,12,14)(H,15,16). The summed E-state index contributed by atoms with van der Waals surface area (Å²) in [6.45, 7) is 1.88. The normalized spacial score (nSPS) is 12.1. The van der Waals surface area contributed by atoms with E-state index in [1.165, 1.54) is 0 Å². The maximum Gasteiger partial charge on any atom is 0.326 e. The summed E-state index contributed by atoms with van der Waals surface area (Å²) in [4.78, 5) is 22.6. The Morgan fingerprint density at radius 3 is 2.69 bits per heavy atom. The minimum absolute atomic E-state index is 0.353. The Bertz CT molecular complexity index is 384. The SMILES string of the molecule is CCCC(NC(=O)c1cccn1C)C(=O)O. The van der Waals surface area contributed by atoms with Crippen molar-refractivity contribution in [2.24, 2.45) is 7.05 Å². The molecule has 1 rings (SSSR count). The second kappa shape index (κ2) is 5.34. The molecule has 1 aromatic heterocycles. The predicted octanol–water partition coefficient (Wildman–Crippen LogP) is 1.01. The Kier molecular flexibility index (Phi) is 4.10. The molecule has 0 aliphatic rings. The Morgan fingerprint density at radius 1 is 1.56 bits per heavy atom. The van der Waals surface area contributed by atoms with Gasteiger partial charge in [0.25, 0.3) is 5.91 Å². The van der Waals surface area contributed by atoms with Crippen LogP contribution in [-0.4, -0.2) is 27.6 Å². The summed E-state index contributed by atoms with van der Waals surface area (Å²) < 4.78 is 1.65. The lowest BCUT2D eigenvalue weighted by Crippen LogP contribution is -2.41. The molecule has 0 aliphatic heterocycles. The number of carboxylic acids is 1. The molecule has 2 N–H and O–H groups in total. The Morgan fingerprint density at radius 2 is 2.25 bits per heavy atom. The van der Waals surface area contributed by atoms with E-state index in [0.29, 0.717) is 18.5 Å². The summed E-state index contributed by atoms with van der Waals surface area (Å²) in [7, 11) is 1.74. The van der Waals surface area contributed by atoms with Crippen LogP contribution in [0.2, 0.25) is 0 Å². The Hall–Kier alpha value is -1.78. The highest BCUT2D eigenvalue weighted by molar-refractivity contribution is 5.95. The summed E-state index contributed by atoms with van der Waals surface area (Å²) in [5, 5.41) is 11.4. The van der Waals surface area contributed by atoms with E-state index < -0.39 is 12.0 Å². The fourth-order valence-corrected chi connectivity index (χ4v) is 1.48. The first-order chi connectivity index (χ1) is 7.56. The topological polar surface area (TPSA) is 71.3 Å². The van der Waals surface area contributed by atoms with Crippen LogP contribution < -0.4 is 5.32 Å². The first-order valence-corrected chi connectivity index (χ1v) is 5.21. The van der Waals surface area contributed by atoms with Crippen molar-refractivity contribution in [3.05, 3.63) is 24.0 Å². The second-order valence-electron chi connectivity index (χ2n) is 3.66. The molecular formula is C11H16N2O3. The molecule has 1 aromatic rings. The van der Waals surface area contributed by atoms with E-state index in [1.807, 2.05) is 6.92 Å². The van der Waals surface area contributed by atoms with Gasteiger partial charge in [-0.1, -0.05) is 13.3 Å². The molecule has 0 radical (unpaired) electrons. The number of hydrogen-bond donors (Lipinski definition) is 2. The molecule has 5 nitrogen and oxygen atoms in total. The number of nitrogens with one attached hydrogen (secondary N) is 1. The number of carbonyl (C=O) groups excluding carboxylic acids is 1. The number of aromatic nitrogens is 1. The average molecular weight is 224 g/mol. The minimum Gasteiger partial charge on any atom is -0.480 e. The van der Waals surface area contributed by atoms with Crippen molar-refractivity contribution in [2.45, 2.75) is 25.8 Å². The summed E-state index contributed by atoms with van der Waals surface area (Å²) in [5.74, 6) is -1.35. The zero-order valence-electron chi connectivity index (χ0n) is 9.43. The van der Waals surface area contributed by atoms with E-state index in [4.69, 9.17) is 5.11 Å². The van der Waals surface area contributed by atoms with Gasteiger partial charge in [0, 0.05) is 13.2 Å². The molecule has 0 fully saturated rings. The van der Waals surface area contributed by atoms with Gasteiger partial charge >= 0.3 is 5.97 Å². The lowest BCUT2D eigenvalue weighted by atomic mass is 10.1. The molecule has 1 amide bonds. The zero-order valence-corrected chi connectivity index (χ0v) is 9.43. The molecule has 0 aromatic carbocycles. The van der Waals surface area contributed by atoms with E-state index >= 15 is 0 Å². The Labute approximate surface area is 94.1 Å². The van der Waals surface area contributed by atoms with E-state index in [2.05, 4.69) is 5.32 Å². The van der Waals surface area contributed by atoms with Gasteiger partial charge in [0.2, 0.25) is 0 Å². The fourth-order valence-electron chi connectivity index (χ4n) is 1.48. The lowest BCUT2D eigenvalue weighted by Gasteiger charge is -2.13. The Balaban J connectivity index is 2.69. The van der Waals surface area contributed by atoms with Crippen LogP contribution in [0.3, 0.4) is 0 Å². The molecule has 0 spiro atoms. The fraction of sp³-hybridized carbons (Fsp3) is 0.455. The maximum absolute atomic E-state index is 11.7. The van der Waals surface area contributed by atoms with Gasteiger partial charge in [-0.25, -0.2) is 4.79 Å². The van der Waals surface area contributed by atoms with E-state index in [9.17, 15) is 9.59 Å². The van der Waals surface area contributed by atoms with Gasteiger partial charge < -0.3 is 15.0 Å². The van der Waals surface area contributed by atoms with Crippen molar-refractivity contribution >= 4 is 11.9 Å². The maximum atomic E-state index is 11.7. The predicted molar refractivity (Wildman–Crippen MR) is 59.2 cm³/mol. The van der Waals surface area contributed by atoms with E-state index in [-0.39, 0.29) is 5.91 Å². The van der Waals surface area contributed by atoms with Crippen molar-refractivity contribution in [1.29, 1.82) is 0 Å². The van der Waals surface area contributed by atoms with Crippen LogP contribution in [0.15, 0.2) is 18.3 Å². The van der Waals surface area contributed by atoms with Gasteiger partial charge in [0.15, 0.2) is 0 Å². The van der Waals surface area contributed by atoms with E-state index in [0.717, 1.165) is 0 Å². The zero-order chi connectivity index (χ0) is 12.1. The van der Waals surface area contributed by atoms with Gasteiger partial charge in [0.05, 0.1) is 0 Å². The highest BCUT2D eigenvalue weighted by Gasteiger charge is 2.20. The smallest absolute Gasteiger partial charge is 0.326 e. The molecule has 5 heteroatoms. The van der Waals surface area contributed by atoms with Crippen LogP contribution >= 0.6 is 0 Å². The average Bonchev–Trinajstić information content (AvgIpc) is 2.63. The third kappa shape index (κ3) is 2.85. The number of hydrogen-bond acceptors (Lipinski definition) is 2. The molecular weight excluding hydrogens is 208 g/mol. The van der Waals surface area contributed by atoms with Crippen molar-refractivity contribution in [3.8, 4) is 0 Å². The highest BCUT2D eigenvalue weighted by Crippen LogP contribution is 2.02. The summed E-state index contributed by atoms with van der Waals surface area (Å²) in [6.07, 6.45) is 2.89. The molecule has 16 heavy (non-hydrogen) atoms. The van der Waals surface area contributed by atoms with Crippen LogP contribution in [0.4, 0.5) is 0 Å². The second-order valence-corrected chi connectivity index (χ2v) is 3.66. The quantitative estimate of drug-likeness (QED) is 0.784. The molecule has 0 saturated carbocycles. The number of nitrogens with zero attached hydrogens (tertiary/aromatic N) is 1. The van der Waals surface area contributed by atoms with Crippen molar-refractivity contribution in [2.75, 3.05) is 0 Å². The first kappa shape index (κ1) is 12.3. The largest absolute Gasteiger partial charge is 0.480 e. The molecule has 0 aliphatic carbocycles. The van der Waals surface area contributed by atoms with Crippen molar-refractivity contribution in [3.63, 3.8) is 0 Å². The number of rotatable bonds is 5. The molecule has 1 atom stereocenters. The number of aliphatic carboxylic acids is 1. The molecule has 0 saturated heterocycles. The van der Waals surface area contributed by atoms with Crippen LogP contribution in [0.1, 0.15) is 30.3 Å². The van der Waals surface area contributed by atoms with Gasteiger partial charge in [0.1, 0.15) is 11.7 Å². The van der Waals surface area contributed by atoms with Gasteiger partial charge in [-0.15, -0.1) is 0 Å².